The van der Waals surface area contributed by atoms with Gasteiger partial charge in [0, 0.05) is 19.6 Å². The standard InChI is InChI=1S/C18H24FNO4S/c1-24-17(14-5-3-2-4-6-14)18(21)20-11-15(12-25(20,22)23)13-7-9-16(19)10-8-13/h7-10,14-15,17H,2-6,11-12H2,1H3. The number of halogens is 1. The second-order valence-corrected chi connectivity index (χ2v) is 8.89. The number of benzene rings is 1. The fourth-order valence-electron chi connectivity index (χ4n) is 3.95. The van der Waals surface area contributed by atoms with Crippen LogP contribution in [0.1, 0.15) is 43.6 Å². The van der Waals surface area contributed by atoms with Crippen molar-refractivity contribution in [2.24, 2.45) is 5.92 Å². The van der Waals surface area contributed by atoms with Crippen molar-refractivity contribution in [2.75, 3.05) is 19.4 Å². The molecule has 2 fully saturated rings. The molecule has 0 radical (unpaired) electrons. The Balaban J connectivity index is 1.78. The number of hydrogen-bond acceptors (Lipinski definition) is 4. The second-order valence-electron chi connectivity index (χ2n) is 6.95. The molecule has 1 aromatic carbocycles. The Morgan fingerprint density at radius 1 is 1.20 bits per heavy atom. The Morgan fingerprint density at radius 3 is 2.44 bits per heavy atom. The Morgan fingerprint density at radius 2 is 1.84 bits per heavy atom. The van der Waals surface area contributed by atoms with Crippen LogP contribution in [0.25, 0.3) is 0 Å². The molecule has 1 aromatic rings. The predicted molar refractivity (Wildman–Crippen MR) is 92.0 cm³/mol. The third kappa shape index (κ3) is 3.87. The minimum absolute atomic E-state index is 0.0753. The minimum Gasteiger partial charge on any atom is -0.371 e. The molecule has 138 valence electrons. The zero-order valence-corrected chi connectivity index (χ0v) is 15.2. The summed E-state index contributed by atoms with van der Waals surface area (Å²) in [6.45, 7) is 0.0966. The topological polar surface area (TPSA) is 63.7 Å². The minimum atomic E-state index is -3.68. The smallest absolute Gasteiger partial charge is 0.265 e. The molecule has 2 atom stereocenters. The molecule has 1 aliphatic heterocycles. The number of amides is 1. The molecule has 1 aliphatic carbocycles. The summed E-state index contributed by atoms with van der Waals surface area (Å²) in [5, 5.41) is 0. The van der Waals surface area contributed by atoms with Gasteiger partial charge in [-0.3, -0.25) is 4.79 Å². The van der Waals surface area contributed by atoms with Crippen molar-refractivity contribution in [3.05, 3.63) is 35.6 Å². The van der Waals surface area contributed by atoms with E-state index in [2.05, 4.69) is 0 Å². The van der Waals surface area contributed by atoms with Crippen molar-refractivity contribution in [1.29, 1.82) is 0 Å². The van der Waals surface area contributed by atoms with Crippen LogP contribution in [0.15, 0.2) is 24.3 Å². The maximum atomic E-state index is 13.1. The van der Waals surface area contributed by atoms with Gasteiger partial charge in [0.25, 0.3) is 5.91 Å². The van der Waals surface area contributed by atoms with E-state index in [0.717, 1.165) is 42.0 Å². The molecule has 25 heavy (non-hydrogen) atoms. The first-order chi connectivity index (χ1) is 11.9. The highest BCUT2D eigenvalue weighted by Crippen LogP contribution is 2.33. The van der Waals surface area contributed by atoms with Crippen LogP contribution >= 0.6 is 0 Å². The van der Waals surface area contributed by atoms with Crippen molar-refractivity contribution in [1.82, 2.24) is 4.31 Å². The average Bonchev–Trinajstić information content (AvgIpc) is 2.92. The lowest BCUT2D eigenvalue weighted by atomic mass is 9.85. The maximum Gasteiger partial charge on any atom is 0.265 e. The SMILES string of the molecule is COC(C(=O)N1CC(c2ccc(F)cc2)CS1(=O)=O)C1CCCCC1. The second kappa shape index (κ2) is 7.41. The number of carbonyl (C=O) groups excluding carboxylic acids is 1. The van der Waals surface area contributed by atoms with Gasteiger partial charge in [-0.1, -0.05) is 31.4 Å². The van der Waals surface area contributed by atoms with E-state index in [0.29, 0.717) is 0 Å². The fourth-order valence-corrected chi connectivity index (χ4v) is 5.72. The molecular weight excluding hydrogens is 345 g/mol. The van der Waals surface area contributed by atoms with E-state index in [-0.39, 0.29) is 30.0 Å². The van der Waals surface area contributed by atoms with Crippen LogP contribution in [0.3, 0.4) is 0 Å². The molecule has 0 aromatic heterocycles. The third-order valence-corrected chi connectivity index (χ3v) is 7.12. The van der Waals surface area contributed by atoms with Gasteiger partial charge in [0.2, 0.25) is 10.0 Å². The zero-order chi connectivity index (χ0) is 18.0. The normalized spacial score (nSPS) is 25.0. The number of methoxy groups -OCH3 is 1. The van der Waals surface area contributed by atoms with Crippen LogP contribution in [-0.4, -0.2) is 44.1 Å². The maximum absolute atomic E-state index is 13.1. The lowest BCUT2D eigenvalue weighted by Gasteiger charge is -2.30. The first-order valence-electron chi connectivity index (χ1n) is 8.75. The van der Waals surface area contributed by atoms with Crippen molar-refractivity contribution < 1.29 is 22.3 Å². The first kappa shape index (κ1) is 18.3. The highest BCUT2D eigenvalue weighted by molar-refractivity contribution is 7.89. The third-order valence-electron chi connectivity index (χ3n) is 5.30. The summed E-state index contributed by atoms with van der Waals surface area (Å²) in [6.07, 6.45) is 4.31. The molecule has 5 nitrogen and oxygen atoms in total. The summed E-state index contributed by atoms with van der Waals surface area (Å²) in [7, 11) is -2.21. The molecule has 0 spiro atoms. The molecule has 7 heteroatoms. The Labute approximate surface area is 148 Å². The summed E-state index contributed by atoms with van der Waals surface area (Å²) >= 11 is 0. The molecular formula is C18H24FNO4S. The summed E-state index contributed by atoms with van der Waals surface area (Å²) in [5.74, 6) is -1.22. The van der Waals surface area contributed by atoms with Gasteiger partial charge in [-0.05, 0) is 36.5 Å². The van der Waals surface area contributed by atoms with E-state index < -0.39 is 22.0 Å². The van der Waals surface area contributed by atoms with Crippen LogP contribution in [0, 0.1) is 11.7 Å². The van der Waals surface area contributed by atoms with Gasteiger partial charge >= 0.3 is 0 Å². The monoisotopic (exact) mass is 369 g/mol. The van der Waals surface area contributed by atoms with Gasteiger partial charge in [0.1, 0.15) is 11.9 Å². The van der Waals surface area contributed by atoms with E-state index in [1.54, 1.807) is 12.1 Å². The molecule has 2 aliphatic rings. The largest absolute Gasteiger partial charge is 0.371 e. The number of hydrogen-bond donors (Lipinski definition) is 0. The van der Waals surface area contributed by atoms with Crippen LogP contribution in [0.2, 0.25) is 0 Å². The van der Waals surface area contributed by atoms with E-state index >= 15 is 0 Å². The molecule has 2 unspecified atom stereocenters. The first-order valence-corrected chi connectivity index (χ1v) is 10.4. The Kier molecular flexibility index (Phi) is 5.43. The molecule has 1 saturated carbocycles. The van der Waals surface area contributed by atoms with Gasteiger partial charge in [-0.2, -0.15) is 0 Å². The van der Waals surface area contributed by atoms with Gasteiger partial charge in [-0.15, -0.1) is 0 Å². The lowest BCUT2D eigenvalue weighted by molar-refractivity contribution is -0.140. The summed E-state index contributed by atoms with van der Waals surface area (Å²) < 4.78 is 44.5. The van der Waals surface area contributed by atoms with Gasteiger partial charge in [0.05, 0.1) is 5.75 Å². The van der Waals surface area contributed by atoms with Crippen molar-refractivity contribution in [3.8, 4) is 0 Å². The molecule has 0 N–H and O–H groups in total. The number of rotatable bonds is 4. The lowest BCUT2D eigenvalue weighted by Crippen LogP contribution is -2.45. The molecule has 0 bridgehead atoms. The van der Waals surface area contributed by atoms with Gasteiger partial charge < -0.3 is 4.74 Å². The molecule has 1 heterocycles. The highest BCUT2D eigenvalue weighted by Gasteiger charge is 2.44. The van der Waals surface area contributed by atoms with Gasteiger partial charge in [-0.25, -0.2) is 17.1 Å². The molecule has 1 amide bonds. The fraction of sp³-hybridized carbons (Fsp3) is 0.611. The highest BCUT2D eigenvalue weighted by atomic mass is 32.2. The van der Waals surface area contributed by atoms with E-state index in [9.17, 15) is 17.6 Å². The average molecular weight is 369 g/mol. The summed E-state index contributed by atoms with van der Waals surface area (Å²) in [4.78, 5) is 12.9. The van der Waals surface area contributed by atoms with Gasteiger partial charge in [0.15, 0.2) is 0 Å². The van der Waals surface area contributed by atoms with Crippen LogP contribution < -0.4 is 0 Å². The van der Waals surface area contributed by atoms with Crippen molar-refractivity contribution in [2.45, 2.75) is 44.1 Å². The number of nitrogens with zero attached hydrogens (tertiary/aromatic N) is 1. The number of carbonyl (C=O) groups is 1. The van der Waals surface area contributed by atoms with E-state index in [1.807, 2.05) is 0 Å². The predicted octanol–water partition coefficient (Wildman–Crippen LogP) is 2.68. The van der Waals surface area contributed by atoms with Crippen LogP contribution in [0.4, 0.5) is 4.39 Å². The number of sulfonamides is 1. The summed E-state index contributed by atoms with van der Waals surface area (Å²) in [6, 6.07) is 5.79. The zero-order valence-electron chi connectivity index (χ0n) is 14.4. The van der Waals surface area contributed by atoms with E-state index in [4.69, 9.17) is 4.74 Å². The van der Waals surface area contributed by atoms with Crippen molar-refractivity contribution in [3.63, 3.8) is 0 Å². The van der Waals surface area contributed by atoms with Crippen LogP contribution in [0.5, 0.6) is 0 Å². The van der Waals surface area contributed by atoms with E-state index in [1.165, 1.54) is 19.2 Å². The molecule has 1 saturated heterocycles. The molecule has 3 rings (SSSR count). The van der Waals surface area contributed by atoms with Crippen LogP contribution in [-0.2, 0) is 19.6 Å². The number of ether oxygens (including phenoxy) is 1. The quantitative estimate of drug-likeness (QED) is 0.819. The summed E-state index contributed by atoms with van der Waals surface area (Å²) in [5.41, 5.74) is 0.729. The Hall–Kier alpha value is -1.47. The Bertz CT molecular complexity index is 713. The van der Waals surface area contributed by atoms with Crippen molar-refractivity contribution >= 4 is 15.9 Å².